The highest BCUT2D eigenvalue weighted by Crippen LogP contribution is 2.43. The van der Waals surface area contributed by atoms with Crippen LogP contribution in [0.15, 0.2) is 109 Å². The molecule has 0 saturated heterocycles. The fraction of sp³-hybridized carbons (Fsp3) is 0.643. The van der Waals surface area contributed by atoms with Crippen LogP contribution < -0.4 is 0 Å². The second kappa shape index (κ2) is 46.8. The minimum Gasteiger partial charge on any atom is -0.462 e. The number of carbonyl (C=O) groups is 2. The molecule has 376 valence electrons. The number of quaternary nitrogens is 1. The maximum Gasteiger partial charge on any atom is 0.472 e. The topological polar surface area (TPSA) is 108 Å². The van der Waals surface area contributed by atoms with Crippen LogP contribution in [0.5, 0.6) is 0 Å². The van der Waals surface area contributed by atoms with Crippen LogP contribution in [0.25, 0.3) is 0 Å². The number of rotatable bonds is 45. The van der Waals surface area contributed by atoms with E-state index in [2.05, 4.69) is 123 Å². The Balaban J connectivity index is 4.10. The molecule has 0 aromatic carbocycles. The Morgan fingerprint density at radius 3 is 1.29 bits per heavy atom. The maximum absolute atomic E-state index is 12.7. The van der Waals surface area contributed by atoms with Crippen molar-refractivity contribution in [1.82, 2.24) is 0 Å². The minimum atomic E-state index is -4.38. The Kier molecular flexibility index (Phi) is 44.4. The molecule has 0 aromatic rings. The third-order valence-corrected chi connectivity index (χ3v) is 11.3. The second-order valence-electron chi connectivity index (χ2n) is 17.8. The van der Waals surface area contributed by atoms with Crippen LogP contribution in [0.1, 0.15) is 181 Å². The lowest BCUT2D eigenvalue weighted by Gasteiger charge is -2.24. The van der Waals surface area contributed by atoms with Gasteiger partial charge in [0.05, 0.1) is 27.7 Å². The van der Waals surface area contributed by atoms with Crippen LogP contribution in [-0.2, 0) is 32.7 Å². The molecule has 2 atom stereocenters. The lowest BCUT2D eigenvalue weighted by atomic mass is 10.1. The van der Waals surface area contributed by atoms with Gasteiger partial charge in [0.15, 0.2) is 6.10 Å². The third-order valence-electron chi connectivity index (χ3n) is 10.3. The molecule has 1 N–H and O–H groups in total. The summed E-state index contributed by atoms with van der Waals surface area (Å²) < 4.78 is 34.2. The third kappa shape index (κ3) is 50.1. The van der Waals surface area contributed by atoms with Crippen molar-refractivity contribution in [3.63, 3.8) is 0 Å². The fourth-order valence-electron chi connectivity index (χ4n) is 6.36. The van der Waals surface area contributed by atoms with E-state index < -0.39 is 26.5 Å². The highest BCUT2D eigenvalue weighted by Gasteiger charge is 2.27. The first-order valence-corrected chi connectivity index (χ1v) is 27.1. The number of unbranched alkanes of at least 4 members (excludes halogenated alkanes) is 13. The van der Waals surface area contributed by atoms with Gasteiger partial charge in [-0.05, 0) is 83.5 Å². The summed E-state index contributed by atoms with van der Waals surface area (Å²) >= 11 is 0. The predicted molar refractivity (Wildman–Crippen MR) is 279 cm³/mol. The van der Waals surface area contributed by atoms with Crippen molar-refractivity contribution in [1.29, 1.82) is 0 Å². The van der Waals surface area contributed by atoms with Gasteiger partial charge in [-0.1, -0.05) is 194 Å². The molecule has 0 fully saturated rings. The number of hydrogen-bond acceptors (Lipinski definition) is 7. The van der Waals surface area contributed by atoms with E-state index in [1.807, 2.05) is 21.1 Å². The number of carbonyl (C=O) groups excluding carboxylic acids is 2. The molecule has 66 heavy (non-hydrogen) atoms. The Hall–Kier alpha value is -3.33. The molecule has 0 rings (SSSR count). The summed E-state index contributed by atoms with van der Waals surface area (Å²) in [5.41, 5.74) is 0. The highest BCUT2D eigenvalue weighted by atomic mass is 31.2. The zero-order valence-electron chi connectivity index (χ0n) is 42.4. The summed E-state index contributed by atoms with van der Waals surface area (Å²) in [7, 11) is 1.45. The number of allylic oxidation sites excluding steroid dienone is 18. The number of hydrogen-bond donors (Lipinski definition) is 1. The number of esters is 2. The summed E-state index contributed by atoms with van der Waals surface area (Å²) in [5.74, 6) is -0.826. The fourth-order valence-corrected chi connectivity index (χ4v) is 7.10. The predicted octanol–water partition coefficient (Wildman–Crippen LogP) is 15.5. The SMILES string of the molecule is CC/C=C\C/C=C\C/C=C\C/C=C\C/C=C\C/C=C\C/C=C\C/C=C\C/C=C\CCCCCCCCCC(=O)OC(COC(=O)CCCCCCCCC)COP(=O)(O)OCC[N+](C)(C)C. The summed E-state index contributed by atoms with van der Waals surface area (Å²) in [4.78, 5) is 35.3. The van der Waals surface area contributed by atoms with E-state index in [0.29, 0.717) is 17.4 Å². The standard InChI is InChI=1S/C56H94NO8P/c1-6-8-10-12-14-15-16-17-18-19-20-21-22-23-24-25-26-27-28-29-30-31-32-33-34-35-36-37-38-39-40-41-43-45-47-49-56(59)65-54(53-64-66(60,61)63-51-50-57(3,4)5)52-62-55(58)48-46-44-42-13-11-9-7-2/h8,10,14-15,17-18,20-21,23-24,26-27,29-30,32-33,35-36,54H,6-7,9,11-13,16,19,22,25,28,31,34,37-53H2,1-5H3/p+1/b10-8-,15-14-,18-17-,21-20-,24-23-,27-26-,30-29-,33-32-,36-35-. The van der Waals surface area contributed by atoms with Crippen molar-refractivity contribution in [3.05, 3.63) is 109 Å². The molecule has 0 aliphatic heterocycles. The van der Waals surface area contributed by atoms with E-state index in [4.69, 9.17) is 18.5 Å². The van der Waals surface area contributed by atoms with Gasteiger partial charge in [-0.2, -0.15) is 0 Å². The molecule has 0 aliphatic rings. The van der Waals surface area contributed by atoms with Gasteiger partial charge < -0.3 is 18.9 Å². The lowest BCUT2D eigenvalue weighted by Crippen LogP contribution is -2.37. The number of ether oxygens (including phenoxy) is 2. The van der Waals surface area contributed by atoms with Crippen molar-refractivity contribution < 1.29 is 42.1 Å². The Morgan fingerprint density at radius 2 is 0.864 bits per heavy atom. The molecule has 0 bridgehead atoms. The number of nitrogens with zero attached hydrogens (tertiary/aromatic N) is 1. The van der Waals surface area contributed by atoms with Crippen LogP contribution in [0.4, 0.5) is 0 Å². The van der Waals surface area contributed by atoms with Crippen molar-refractivity contribution in [2.75, 3.05) is 47.5 Å². The van der Waals surface area contributed by atoms with Gasteiger partial charge >= 0.3 is 19.8 Å². The van der Waals surface area contributed by atoms with Gasteiger partial charge in [0.1, 0.15) is 19.8 Å². The van der Waals surface area contributed by atoms with E-state index in [9.17, 15) is 19.0 Å². The molecule has 0 spiro atoms. The molecule has 0 amide bonds. The van der Waals surface area contributed by atoms with E-state index in [1.165, 1.54) is 44.9 Å². The zero-order chi connectivity index (χ0) is 48.5. The first kappa shape index (κ1) is 62.7. The number of phosphoric ester groups is 1. The van der Waals surface area contributed by atoms with E-state index in [1.54, 1.807) is 0 Å². The minimum absolute atomic E-state index is 0.0246. The van der Waals surface area contributed by atoms with Crippen molar-refractivity contribution >= 4 is 19.8 Å². The Bertz CT molecular complexity index is 1480. The van der Waals surface area contributed by atoms with Gasteiger partial charge in [-0.25, -0.2) is 4.57 Å². The normalized spacial score (nSPS) is 14.3. The molecule has 9 nitrogen and oxygen atoms in total. The molecule has 10 heteroatoms. The monoisotopic (exact) mass is 941 g/mol. The van der Waals surface area contributed by atoms with Crippen LogP contribution in [0, 0.1) is 0 Å². The molecular formula is C56H95NO8P+. The average molecular weight is 941 g/mol. The Morgan fingerprint density at radius 1 is 0.485 bits per heavy atom. The molecule has 0 aliphatic carbocycles. The zero-order valence-corrected chi connectivity index (χ0v) is 43.3. The summed E-state index contributed by atoms with van der Waals surface area (Å²) in [5, 5.41) is 0. The first-order chi connectivity index (χ1) is 32.0. The largest absolute Gasteiger partial charge is 0.472 e. The Labute approximate surface area is 404 Å². The van der Waals surface area contributed by atoms with E-state index in [-0.39, 0.29) is 32.0 Å². The molecule has 0 aromatic heterocycles. The smallest absolute Gasteiger partial charge is 0.462 e. The molecule has 0 saturated carbocycles. The summed E-state index contributed by atoms with van der Waals surface area (Å²) in [6, 6.07) is 0. The molecular weight excluding hydrogens is 846 g/mol. The summed E-state index contributed by atoms with van der Waals surface area (Å²) in [6.07, 6.45) is 64.6. The van der Waals surface area contributed by atoms with Gasteiger partial charge in [0, 0.05) is 12.8 Å². The number of likely N-dealkylation sites (N-methyl/N-ethyl adjacent to an activating group) is 1. The molecule has 0 heterocycles. The van der Waals surface area contributed by atoms with Crippen LogP contribution in [-0.4, -0.2) is 74.9 Å². The first-order valence-electron chi connectivity index (χ1n) is 25.6. The van der Waals surface area contributed by atoms with Gasteiger partial charge in [-0.3, -0.25) is 18.6 Å². The van der Waals surface area contributed by atoms with Crippen LogP contribution in [0.3, 0.4) is 0 Å². The quantitative estimate of drug-likeness (QED) is 0.0211. The average Bonchev–Trinajstić information content (AvgIpc) is 3.27. The van der Waals surface area contributed by atoms with Crippen molar-refractivity contribution in [3.8, 4) is 0 Å². The van der Waals surface area contributed by atoms with Gasteiger partial charge in [-0.15, -0.1) is 0 Å². The molecule has 0 radical (unpaired) electrons. The molecule has 2 unspecified atom stereocenters. The van der Waals surface area contributed by atoms with Gasteiger partial charge in [0.2, 0.25) is 0 Å². The van der Waals surface area contributed by atoms with Crippen molar-refractivity contribution in [2.45, 2.75) is 187 Å². The van der Waals surface area contributed by atoms with Crippen molar-refractivity contribution in [2.24, 2.45) is 0 Å². The van der Waals surface area contributed by atoms with E-state index >= 15 is 0 Å². The van der Waals surface area contributed by atoms with Gasteiger partial charge in [0.25, 0.3) is 0 Å². The summed E-state index contributed by atoms with van der Waals surface area (Å²) in [6.45, 7) is 4.22. The number of phosphoric acid groups is 1. The highest BCUT2D eigenvalue weighted by molar-refractivity contribution is 7.47. The van der Waals surface area contributed by atoms with Crippen LogP contribution >= 0.6 is 7.82 Å². The van der Waals surface area contributed by atoms with Crippen LogP contribution in [0.2, 0.25) is 0 Å². The maximum atomic E-state index is 12.7. The second-order valence-corrected chi connectivity index (χ2v) is 19.3. The lowest BCUT2D eigenvalue weighted by molar-refractivity contribution is -0.870. The van der Waals surface area contributed by atoms with E-state index in [0.717, 1.165) is 103 Å².